The van der Waals surface area contributed by atoms with Crippen molar-refractivity contribution in [3.63, 3.8) is 0 Å². The van der Waals surface area contributed by atoms with E-state index in [-0.39, 0.29) is 5.91 Å². The largest absolute Gasteiger partial charge is 0.492 e. The number of nitrogens with zero attached hydrogens (tertiary/aromatic N) is 1. The van der Waals surface area contributed by atoms with Crippen LogP contribution >= 0.6 is 11.6 Å². The summed E-state index contributed by atoms with van der Waals surface area (Å²) in [5.41, 5.74) is 0. The summed E-state index contributed by atoms with van der Waals surface area (Å²) in [6, 6.07) is 10.8. The highest BCUT2D eigenvalue weighted by Gasteiger charge is 2.07. The highest BCUT2D eigenvalue weighted by molar-refractivity contribution is 6.30. The number of nitrogens with one attached hydrogen (secondary N) is 1. The second-order valence-electron chi connectivity index (χ2n) is 4.90. The summed E-state index contributed by atoms with van der Waals surface area (Å²) in [6.07, 6.45) is 1.59. The number of furan rings is 1. The van der Waals surface area contributed by atoms with E-state index in [1.54, 1.807) is 24.5 Å². The van der Waals surface area contributed by atoms with Gasteiger partial charge in [0.25, 0.3) is 0 Å². The van der Waals surface area contributed by atoms with E-state index >= 15 is 0 Å². The predicted octanol–water partition coefficient (Wildman–Crippen LogP) is 2.56. The summed E-state index contributed by atoms with van der Waals surface area (Å²) < 4.78 is 10.7. The van der Waals surface area contributed by atoms with Crippen molar-refractivity contribution in [2.75, 3.05) is 26.7 Å². The smallest absolute Gasteiger partial charge is 0.234 e. The number of hydrogen-bond acceptors (Lipinski definition) is 4. The first-order chi connectivity index (χ1) is 10.6. The summed E-state index contributed by atoms with van der Waals surface area (Å²) in [5, 5.41) is 3.48. The molecular formula is C16H19ClN2O3. The van der Waals surface area contributed by atoms with Gasteiger partial charge in [0.15, 0.2) is 0 Å². The molecule has 0 radical (unpaired) electrons. The third kappa shape index (κ3) is 5.79. The van der Waals surface area contributed by atoms with Crippen molar-refractivity contribution in [3.05, 3.63) is 53.4 Å². The molecule has 0 aliphatic heterocycles. The second kappa shape index (κ2) is 8.46. The minimum atomic E-state index is -0.0506. The van der Waals surface area contributed by atoms with E-state index in [1.165, 1.54) is 0 Å². The first-order valence-corrected chi connectivity index (χ1v) is 7.37. The summed E-state index contributed by atoms with van der Waals surface area (Å²) in [6.45, 7) is 1.87. The van der Waals surface area contributed by atoms with Gasteiger partial charge in [-0.2, -0.15) is 0 Å². The van der Waals surface area contributed by atoms with Crippen molar-refractivity contribution in [2.24, 2.45) is 0 Å². The van der Waals surface area contributed by atoms with Crippen LogP contribution in [0, 0.1) is 0 Å². The molecule has 1 amide bonds. The van der Waals surface area contributed by atoms with Gasteiger partial charge in [-0.25, -0.2) is 0 Å². The van der Waals surface area contributed by atoms with E-state index in [0.717, 1.165) is 11.5 Å². The molecule has 0 aliphatic carbocycles. The molecule has 0 bridgehead atoms. The highest BCUT2D eigenvalue weighted by atomic mass is 35.5. The minimum absolute atomic E-state index is 0.0506. The van der Waals surface area contributed by atoms with Gasteiger partial charge in [-0.1, -0.05) is 11.6 Å². The Labute approximate surface area is 134 Å². The van der Waals surface area contributed by atoms with Crippen LogP contribution in [-0.4, -0.2) is 37.6 Å². The van der Waals surface area contributed by atoms with Crippen LogP contribution in [0.5, 0.6) is 5.75 Å². The summed E-state index contributed by atoms with van der Waals surface area (Å²) in [5.74, 6) is 1.45. The molecule has 0 spiro atoms. The van der Waals surface area contributed by atoms with Gasteiger partial charge in [0.2, 0.25) is 5.91 Å². The lowest BCUT2D eigenvalue weighted by molar-refractivity contribution is -0.122. The normalized spacial score (nSPS) is 10.7. The zero-order chi connectivity index (χ0) is 15.8. The quantitative estimate of drug-likeness (QED) is 0.811. The molecule has 0 saturated heterocycles. The first-order valence-electron chi connectivity index (χ1n) is 6.99. The van der Waals surface area contributed by atoms with Crippen LogP contribution < -0.4 is 10.1 Å². The van der Waals surface area contributed by atoms with Crippen LogP contribution in [-0.2, 0) is 11.3 Å². The lowest BCUT2D eigenvalue weighted by Gasteiger charge is -2.16. The van der Waals surface area contributed by atoms with Gasteiger partial charge in [-0.3, -0.25) is 9.69 Å². The molecule has 0 aliphatic rings. The maximum Gasteiger partial charge on any atom is 0.234 e. The van der Waals surface area contributed by atoms with Crippen molar-refractivity contribution in [3.8, 4) is 5.75 Å². The standard InChI is InChI=1S/C16H19ClN2O3/c1-19(8-10-22-14-6-4-13(17)5-7-14)12-16(20)18-11-15-3-2-9-21-15/h2-7,9H,8,10-12H2,1H3,(H,18,20). The Morgan fingerprint density at radius 2 is 2.09 bits per heavy atom. The number of carbonyl (C=O) groups excluding carboxylic acids is 1. The molecule has 2 rings (SSSR count). The lowest BCUT2D eigenvalue weighted by atomic mass is 10.3. The fraction of sp³-hybridized carbons (Fsp3) is 0.312. The SMILES string of the molecule is CN(CCOc1ccc(Cl)cc1)CC(=O)NCc1ccco1. The Morgan fingerprint density at radius 3 is 2.77 bits per heavy atom. The first kappa shape index (κ1) is 16.4. The average Bonchev–Trinajstić information content (AvgIpc) is 3.00. The van der Waals surface area contributed by atoms with Gasteiger partial charge >= 0.3 is 0 Å². The Morgan fingerprint density at radius 1 is 1.32 bits per heavy atom. The summed E-state index contributed by atoms with van der Waals surface area (Å²) >= 11 is 5.81. The molecule has 5 nitrogen and oxygen atoms in total. The van der Waals surface area contributed by atoms with Crippen LogP contribution in [0.1, 0.15) is 5.76 Å². The van der Waals surface area contributed by atoms with Crippen LogP contribution in [0.3, 0.4) is 0 Å². The van der Waals surface area contributed by atoms with Gasteiger partial charge in [0, 0.05) is 11.6 Å². The van der Waals surface area contributed by atoms with E-state index in [9.17, 15) is 4.79 Å². The van der Waals surface area contributed by atoms with Crippen molar-refractivity contribution in [2.45, 2.75) is 6.54 Å². The van der Waals surface area contributed by atoms with Gasteiger partial charge in [0.05, 0.1) is 19.4 Å². The Balaban J connectivity index is 1.61. The molecular weight excluding hydrogens is 304 g/mol. The number of likely N-dealkylation sites (N-methyl/N-ethyl adjacent to an activating group) is 1. The van der Waals surface area contributed by atoms with Gasteiger partial charge in [0.1, 0.15) is 18.1 Å². The van der Waals surface area contributed by atoms with Crippen LogP contribution in [0.2, 0.25) is 5.02 Å². The van der Waals surface area contributed by atoms with E-state index in [4.69, 9.17) is 20.8 Å². The summed E-state index contributed by atoms with van der Waals surface area (Å²) in [7, 11) is 1.87. The monoisotopic (exact) mass is 322 g/mol. The molecule has 0 atom stereocenters. The number of benzene rings is 1. The van der Waals surface area contributed by atoms with Crippen molar-refractivity contribution in [1.29, 1.82) is 0 Å². The Hall–Kier alpha value is -1.98. The van der Waals surface area contributed by atoms with Crippen molar-refractivity contribution in [1.82, 2.24) is 10.2 Å². The second-order valence-corrected chi connectivity index (χ2v) is 5.33. The minimum Gasteiger partial charge on any atom is -0.492 e. The molecule has 0 saturated carbocycles. The van der Waals surface area contributed by atoms with E-state index < -0.39 is 0 Å². The molecule has 1 aromatic heterocycles. The number of carbonyl (C=O) groups is 1. The number of hydrogen-bond donors (Lipinski definition) is 1. The third-order valence-corrected chi connectivity index (χ3v) is 3.26. The van der Waals surface area contributed by atoms with E-state index in [2.05, 4.69) is 5.32 Å². The zero-order valence-corrected chi connectivity index (χ0v) is 13.2. The van der Waals surface area contributed by atoms with E-state index in [1.807, 2.05) is 30.1 Å². The number of halogens is 1. The fourth-order valence-corrected chi connectivity index (χ4v) is 1.96. The van der Waals surface area contributed by atoms with Crippen LogP contribution in [0.25, 0.3) is 0 Å². The average molecular weight is 323 g/mol. The number of rotatable bonds is 8. The fourth-order valence-electron chi connectivity index (χ4n) is 1.83. The number of ether oxygens (including phenoxy) is 1. The molecule has 1 aromatic carbocycles. The highest BCUT2D eigenvalue weighted by Crippen LogP contribution is 2.15. The molecule has 1 N–H and O–H groups in total. The predicted molar refractivity (Wildman–Crippen MR) is 85.0 cm³/mol. The van der Waals surface area contributed by atoms with Crippen LogP contribution in [0.15, 0.2) is 47.1 Å². The van der Waals surface area contributed by atoms with E-state index in [0.29, 0.717) is 31.3 Å². The maximum atomic E-state index is 11.8. The Kier molecular flexibility index (Phi) is 6.30. The molecule has 22 heavy (non-hydrogen) atoms. The van der Waals surface area contributed by atoms with Gasteiger partial charge < -0.3 is 14.5 Å². The molecule has 118 valence electrons. The van der Waals surface area contributed by atoms with Crippen LogP contribution in [0.4, 0.5) is 0 Å². The number of amides is 1. The van der Waals surface area contributed by atoms with Gasteiger partial charge in [-0.05, 0) is 43.4 Å². The molecule has 1 heterocycles. The third-order valence-electron chi connectivity index (χ3n) is 3.01. The lowest BCUT2D eigenvalue weighted by Crippen LogP contribution is -2.36. The van der Waals surface area contributed by atoms with Crippen molar-refractivity contribution < 1.29 is 13.9 Å². The molecule has 6 heteroatoms. The maximum absolute atomic E-state index is 11.8. The topological polar surface area (TPSA) is 54.7 Å². The van der Waals surface area contributed by atoms with Crippen molar-refractivity contribution >= 4 is 17.5 Å². The zero-order valence-electron chi connectivity index (χ0n) is 12.4. The molecule has 2 aromatic rings. The molecule has 0 fully saturated rings. The Bertz CT molecular complexity index is 570. The molecule has 0 unspecified atom stereocenters. The summed E-state index contributed by atoms with van der Waals surface area (Å²) in [4.78, 5) is 13.7. The van der Waals surface area contributed by atoms with Gasteiger partial charge in [-0.15, -0.1) is 0 Å².